The van der Waals surface area contributed by atoms with Gasteiger partial charge < -0.3 is 5.73 Å². The number of nitriles is 1. The van der Waals surface area contributed by atoms with Crippen molar-refractivity contribution in [2.24, 2.45) is 5.73 Å². The van der Waals surface area contributed by atoms with Gasteiger partial charge in [0, 0.05) is 6.54 Å². The topological polar surface area (TPSA) is 84.0 Å². The number of benzene rings is 1. The molecule has 0 fully saturated rings. The number of rotatable bonds is 4. The van der Waals surface area contributed by atoms with Crippen molar-refractivity contribution in [2.75, 3.05) is 6.54 Å². The van der Waals surface area contributed by atoms with Gasteiger partial charge in [0.2, 0.25) is 0 Å². The van der Waals surface area contributed by atoms with Crippen molar-refractivity contribution in [1.82, 2.24) is 0 Å². The maximum atomic E-state index is 11.8. The summed E-state index contributed by atoms with van der Waals surface area (Å²) >= 11 is 0. The van der Waals surface area contributed by atoms with Crippen LogP contribution in [0.1, 0.15) is 18.1 Å². The Hall–Kier alpha value is -1.38. The summed E-state index contributed by atoms with van der Waals surface area (Å²) in [5.41, 5.74) is 6.27. The quantitative estimate of drug-likeness (QED) is 0.841. The molecule has 1 aromatic carbocycles. The Kier molecular flexibility index (Phi) is 4.05. The Labute approximate surface area is 95.6 Å². The summed E-state index contributed by atoms with van der Waals surface area (Å²) < 4.78 is 23.6. The zero-order chi connectivity index (χ0) is 12.2. The lowest BCUT2D eigenvalue weighted by atomic mass is 10.1. The maximum absolute atomic E-state index is 11.8. The van der Waals surface area contributed by atoms with Crippen LogP contribution in [0.15, 0.2) is 24.3 Å². The molecule has 0 spiro atoms. The van der Waals surface area contributed by atoms with Gasteiger partial charge in [-0.1, -0.05) is 18.2 Å². The van der Waals surface area contributed by atoms with Gasteiger partial charge in [-0.2, -0.15) is 5.26 Å². The lowest BCUT2D eigenvalue weighted by Gasteiger charge is -2.11. The number of hydrogen-bond acceptors (Lipinski definition) is 4. The Morgan fingerprint density at radius 3 is 2.62 bits per heavy atom. The molecular formula is C11H14N2O2S. The number of hydrogen-bond donors (Lipinski definition) is 1. The van der Waals surface area contributed by atoms with Crippen molar-refractivity contribution in [1.29, 1.82) is 5.26 Å². The second-order valence-electron chi connectivity index (χ2n) is 3.62. The molecule has 0 heterocycles. The van der Waals surface area contributed by atoms with E-state index in [9.17, 15) is 8.42 Å². The Morgan fingerprint density at radius 2 is 2.06 bits per heavy atom. The van der Waals surface area contributed by atoms with Gasteiger partial charge >= 0.3 is 0 Å². The van der Waals surface area contributed by atoms with E-state index in [1.54, 1.807) is 31.2 Å². The van der Waals surface area contributed by atoms with E-state index < -0.39 is 15.1 Å². The summed E-state index contributed by atoms with van der Waals surface area (Å²) in [5, 5.41) is 8.26. The predicted octanol–water partition coefficient (Wildman–Crippen LogP) is 0.820. The van der Waals surface area contributed by atoms with Gasteiger partial charge in [0.15, 0.2) is 9.84 Å². The monoisotopic (exact) mass is 238 g/mol. The zero-order valence-electron chi connectivity index (χ0n) is 9.05. The minimum absolute atomic E-state index is 0.0943. The van der Waals surface area contributed by atoms with Crippen LogP contribution in [-0.4, -0.2) is 20.2 Å². The molecule has 0 bridgehead atoms. The molecule has 0 aliphatic heterocycles. The highest BCUT2D eigenvalue weighted by molar-refractivity contribution is 7.91. The summed E-state index contributed by atoms with van der Waals surface area (Å²) in [4.78, 5) is 0. The van der Waals surface area contributed by atoms with Gasteiger partial charge in [0.25, 0.3) is 0 Å². The second kappa shape index (κ2) is 5.10. The van der Waals surface area contributed by atoms with Gasteiger partial charge in [0.1, 0.15) is 0 Å². The molecule has 86 valence electrons. The SMILES string of the molecule is CC(CN)S(=O)(=O)Cc1ccccc1C#N. The van der Waals surface area contributed by atoms with Crippen molar-refractivity contribution in [3.63, 3.8) is 0 Å². The first kappa shape index (κ1) is 12.7. The van der Waals surface area contributed by atoms with Gasteiger partial charge in [-0.15, -0.1) is 0 Å². The molecule has 0 radical (unpaired) electrons. The standard InChI is InChI=1S/C11H14N2O2S/c1-9(6-12)16(14,15)8-11-5-3-2-4-10(11)7-13/h2-5,9H,6,8,12H2,1H3. The van der Waals surface area contributed by atoms with Crippen LogP contribution < -0.4 is 5.73 Å². The highest BCUT2D eigenvalue weighted by Crippen LogP contribution is 2.14. The molecule has 4 nitrogen and oxygen atoms in total. The molecule has 0 amide bonds. The molecule has 1 atom stereocenters. The maximum Gasteiger partial charge on any atom is 0.158 e. The van der Waals surface area contributed by atoms with E-state index in [-0.39, 0.29) is 12.3 Å². The minimum atomic E-state index is -3.27. The second-order valence-corrected chi connectivity index (χ2v) is 6.04. The molecule has 2 N–H and O–H groups in total. The molecule has 1 aromatic rings. The van der Waals surface area contributed by atoms with Crippen LogP contribution in [0.25, 0.3) is 0 Å². The molecule has 1 rings (SSSR count). The van der Waals surface area contributed by atoms with Crippen molar-refractivity contribution >= 4 is 9.84 Å². The highest BCUT2D eigenvalue weighted by Gasteiger charge is 2.20. The first-order chi connectivity index (χ1) is 7.51. The van der Waals surface area contributed by atoms with Gasteiger partial charge in [-0.3, -0.25) is 0 Å². The smallest absolute Gasteiger partial charge is 0.158 e. The molecule has 0 aliphatic rings. The summed E-state index contributed by atoms with van der Waals surface area (Å²) in [5.74, 6) is -0.130. The molecule has 0 saturated heterocycles. The fourth-order valence-electron chi connectivity index (χ4n) is 1.26. The van der Waals surface area contributed by atoms with Gasteiger partial charge in [0.05, 0.1) is 22.6 Å². The molecule has 0 aliphatic carbocycles. The molecule has 0 saturated carbocycles. The zero-order valence-corrected chi connectivity index (χ0v) is 9.87. The average molecular weight is 238 g/mol. The average Bonchev–Trinajstić information content (AvgIpc) is 2.28. The van der Waals surface area contributed by atoms with E-state index in [1.807, 2.05) is 6.07 Å². The van der Waals surface area contributed by atoms with E-state index >= 15 is 0 Å². The van der Waals surface area contributed by atoms with Crippen LogP contribution >= 0.6 is 0 Å². The fraction of sp³-hybridized carbons (Fsp3) is 0.364. The van der Waals surface area contributed by atoms with E-state index in [0.717, 1.165) is 0 Å². The van der Waals surface area contributed by atoms with Crippen LogP contribution in [0.2, 0.25) is 0 Å². The third kappa shape index (κ3) is 2.81. The van der Waals surface area contributed by atoms with Crippen molar-refractivity contribution < 1.29 is 8.42 Å². The predicted molar refractivity (Wildman–Crippen MR) is 62.3 cm³/mol. The van der Waals surface area contributed by atoms with Gasteiger partial charge in [-0.05, 0) is 18.6 Å². The van der Waals surface area contributed by atoms with E-state index in [0.29, 0.717) is 11.1 Å². The third-order valence-electron chi connectivity index (χ3n) is 2.44. The normalized spacial score (nSPS) is 13.1. The minimum Gasteiger partial charge on any atom is -0.329 e. The summed E-state index contributed by atoms with van der Waals surface area (Å²) in [6, 6.07) is 8.67. The molecule has 5 heteroatoms. The van der Waals surface area contributed by atoms with Crippen molar-refractivity contribution in [3.05, 3.63) is 35.4 Å². The lowest BCUT2D eigenvalue weighted by Crippen LogP contribution is -2.27. The van der Waals surface area contributed by atoms with Crippen LogP contribution in [0.3, 0.4) is 0 Å². The highest BCUT2D eigenvalue weighted by atomic mass is 32.2. The summed E-state index contributed by atoms with van der Waals surface area (Å²) in [6.07, 6.45) is 0. The first-order valence-corrected chi connectivity index (χ1v) is 6.62. The van der Waals surface area contributed by atoms with Gasteiger partial charge in [-0.25, -0.2) is 8.42 Å². The summed E-state index contributed by atoms with van der Waals surface area (Å²) in [6.45, 7) is 1.67. The molecule has 16 heavy (non-hydrogen) atoms. The van der Waals surface area contributed by atoms with Crippen molar-refractivity contribution in [3.8, 4) is 6.07 Å². The number of sulfone groups is 1. The van der Waals surface area contributed by atoms with E-state index in [2.05, 4.69) is 0 Å². The van der Waals surface area contributed by atoms with Crippen LogP contribution in [-0.2, 0) is 15.6 Å². The summed E-state index contributed by atoms with van der Waals surface area (Å²) in [7, 11) is -3.27. The van der Waals surface area contributed by atoms with Crippen LogP contribution in [0, 0.1) is 11.3 Å². The first-order valence-electron chi connectivity index (χ1n) is 4.91. The number of nitrogens with two attached hydrogens (primary N) is 1. The van der Waals surface area contributed by atoms with Crippen LogP contribution in [0.5, 0.6) is 0 Å². The molecular weight excluding hydrogens is 224 g/mol. The Bertz CT molecular complexity index is 503. The van der Waals surface area contributed by atoms with E-state index in [1.165, 1.54) is 0 Å². The van der Waals surface area contributed by atoms with E-state index in [4.69, 9.17) is 11.0 Å². The number of nitrogens with zero attached hydrogens (tertiary/aromatic N) is 1. The van der Waals surface area contributed by atoms with Crippen molar-refractivity contribution in [2.45, 2.75) is 17.9 Å². The fourth-order valence-corrected chi connectivity index (χ4v) is 2.52. The lowest BCUT2D eigenvalue weighted by molar-refractivity contribution is 0.583. The largest absolute Gasteiger partial charge is 0.329 e. The Balaban J connectivity index is 3.02. The third-order valence-corrected chi connectivity index (χ3v) is 4.57. The molecule has 1 unspecified atom stereocenters. The van der Waals surface area contributed by atoms with Crippen LogP contribution in [0.4, 0.5) is 0 Å². The molecule has 0 aromatic heterocycles. The Morgan fingerprint density at radius 1 is 1.44 bits per heavy atom.